The van der Waals surface area contributed by atoms with Gasteiger partial charge in [-0.25, -0.2) is 0 Å². The van der Waals surface area contributed by atoms with E-state index in [-0.39, 0.29) is 36.8 Å². The van der Waals surface area contributed by atoms with Crippen molar-refractivity contribution in [1.82, 2.24) is 10.2 Å². The van der Waals surface area contributed by atoms with Crippen LogP contribution in [-0.2, 0) is 22.3 Å². The number of nitrogens with one attached hydrogen (secondary N) is 1. The topological polar surface area (TPSA) is 41.6 Å². The van der Waals surface area contributed by atoms with Crippen molar-refractivity contribution < 1.29 is 22.7 Å². The van der Waals surface area contributed by atoms with Crippen molar-refractivity contribution in [1.29, 1.82) is 0 Å². The Kier molecular flexibility index (Phi) is 5.64. The molecule has 0 aromatic heterocycles. The van der Waals surface area contributed by atoms with Crippen LogP contribution in [0.1, 0.15) is 25.0 Å². The summed E-state index contributed by atoms with van der Waals surface area (Å²) in [6.07, 6.45) is -4.34. The molecule has 1 aromatic carbocycles. The average Bonchev–Trinajstić information content (AvgIpc) is 2.43. The Balaban J connectivity index is 1.90. The van der Waals surface area contributed by atoms with E-state index in [1.807, 2.05) is 18.7 Å². The van der Waals surface area contributed by atoms with Gasteiger partial charge in [0.1, 0.15) is 0 Å². The van der Waals surface area contributed by atoms with Gasteiger partial charge in [0, 0.05) is 19.6 Å². The third-order valence-corrected chi connectivity index (χ3v) is 3.66. The van der Waals surface area contributed by atoms with Crippen LogP contribution in [0.15, 0.2) is 24.3 Å². The zero-order chi connectivity index (χ0) is 17.0. The molecule has 2 atom stereocenters. The van der Waals surface area contributed by atoms with Crippen LogP contribution in [0.3, 0.4) is 0 Å². The quantitative estimate of drug-likeness (QED) is 0.922. The number of rotatable bonds is 4. The Hall–Kier alpha value is -1.60. The number of halogens is 3. The second kappa shape index (κ2) is 7.31. The van der Waals surface area contributed by atoms with Crippen molar-refractivity contribution in [2.45, 2.75) is 38.8 Å². The molecule has 7 heteroatoms. The van der Waals surface area contributed by atoms with Crippen LogP contribution in [0.25, 0.3) is 0 Å². The number of hydrogen-bond acceptors (Lipinski definition) is 3. The molecule has 0 saturated carbocycles. The van der Waals surface area contributed by atoms with Crippen molar-refractivity contribution in [3.8, 4) is 0 Å². The molecule has 1 aromatic rings. The van der Waals surface area contributed by atoms with E-state index >= 15 is 0 Å². The first-order valence-corrected chi connectivity index (χ1v) is 7.55. The Labute approximate surface area is 133 Å². The van der Waals surface area contributed by atoms with Gasteiger partial charge in [0.15, 0.2) is 0 Å². The van der Waals surface area contributed by atoms with Crippen molar-refractivity contribution in [2.75, 3.05) is 19.6 Å². The molecule has 1 aliphatic heterocycles. The fourth-order valence-electron chi connectivity index (χ4n) is 2.82. The highest BCUT2D eigenvalue weighted by atomic mass is 19.4. The second-order valence-corrected chi connectivity index (χ2v) is 5.88. The second-order valence-electron chi connectivity index (χ2n) is 5.88. The number of alkyl halides is 3. The maximum Gasteiger partial charge on any atom is 0.416 e. The third-order valence-electron chi connectivity index (χ3n) is 3.66. The van der Waals surface area contributed by atoms with Crippen LogP contribution in [0, 0.1) is 0 Å². The minimum Gasteiger partial charge on any atom is -0.373 e. The van der Waals surface area contributed by atoms with Crippen molar-refractivity contribution in [3.63, 3.8) is 0 Å². The highest BCUT2D eigenvalue weighted by Gasteiger charge is 2.33. The van der Waals surface area contributed by atoms with Crippen LogP contribution in [-0.4, -0.2) is 42.6 Å². The van der Waals surface area contributed by atoms with Crippen molar-refractivity contribution in [3.05, 3.63) is 35.4 Å². The molecule has 23 heavy (non-hydrogen) atoms. The van der Waals surface area contributed by atoms with E-state index in [1.165, 1.54) is 18.2 Å². The average molecular weight is 330 g/mol. The summed E-state index contributed by atoms with van der Waals surface area (Å²) in [5, 5.41) is 2.57. The number of hydrogen-bond donors (Lipinski definition) is 1. The fraction of sp³-hybridized carbons (Fsp3) is 0.562. The largest absolute Gasteiger partial charge is 0.416 e. The van der Waals surface area contributed by atoms with Gasteiger partial charge in [-0.1, -0.05) is 18.2 Å². The van der Waals surface area contributed by atoms with Gasteiger partial charge in [0.05, 0.1) is 24.3 Å². The zero-order valence-electron chi connectivity index (χ0n) is 13.2. The van der Waals surface area contributed by atoms with Gasteiger partial charge in [-0.2, -0.15) is 13.2 Å². The lowest BCUT2D eigenvalue weighted by Gasteiger charge is -2.34. The van der Waals surface area contributed by atoms with Gasteiger partial charge in [0.25, 0.3) is 0 Å². The summed E-state index contributed by atoms with van der Waals surface area (Å²) < 4.78 is 44.3. The molecule has 1 amide bonds. The first-order valence-electron chi connectivity index (χ1n) is 7.55. The molecule has 128 valence electrons. The number of carbonyl (C=O) groups excluding carboxylic acids is 1. The molecule has 0 spiro atoms. The third kappa shape index (κ3) is 5.21. The fourth-order valence-corrected chi connectivity index (χ4v) is 2.82. The Morgan fingerprint density at radius 2 is 1.87 bits per heavy atom. The predicted molar refractivity (Wildman–Crippen MR) is 79.7 cm³/mol. The lowest BCUT2D eigenvalue weighted by molar-refractivity contribution is -0.138. The van der Waals surface area contributed by atoms with Gasteiger partial charge < -0.3 is 10.1 Å². The Bertz CT molecular complexity index is 538. The molecule has 0 unspecified atom stereocenters. The maximum atomic E-state index is 12.9. The summed E-state index contributed by atoms with van der Waals surface area (Å²) in [4.78, 5) is 13.9. The number of carbonyl (C=O) groups is 1. The summed E-state index contributed by atoms with van der Waals surface area (Å²) in [5.41, 5.74) is -0.647. The SMILES string of the molecule is C[C@@H]1CN(CC(=O)NCc2ccccc2C(F)(F)F)C[C@H](C)O1. The first-order chi connectivity index (χ1) is 10.8. The summed E-state index contributed by atoms with van der Waals surface area (Å²) in [6.45, 7) is 5.16. The summed E-state index contributed by atoms with van der Waals surface area (Å²) in [5.74, 6) is -0.289. The minimum absolute atomic E-state index is 0.0394. The highest BCUT2D eigenvalue weighted by molar-refractivity contribution is 5.78. The summed E-state index contributed by atoms with van der Waals surface area (Å²) in [7, 11) is 0. The number of amides is 1. The monoisotopic (exact) mass is 330 g/mol. The lowest BCUT2D eigenvalue weighted by Crippen LogP contribution is -2.49. The van der Waals surface area contributed by atoms with Gasteiger partial charge in [-0.05, 0) is 25.5 Å². The minimum atomic E-state index is -4.42. The van der Waals surface area contributed by atoms with E-state index in [0.29, 0.717) is 13.1 Å². The van der Waals surface area contributed by atoms with Crippen molar-refractivity contribution in [2.24, 2.45) is 0 Å². The molecule has 2 rings (SSSR count). The van der Waals surface area contributed by atoms with Crippen molar-refractivity contribution >= 4 is 5.91 Å². The molecular weight excluding hydrogens is 309 g/mol. The molecule has 1 heterocycles. The number of benzene rings is 1. The molecule has 1 N–H and O–H groups in total. The van der Waals surface area contributed by atoms with Crippen LogP contribution < -0.4 is 5.32 Å². The number of nitrogens with zero attached hydrogens (tertiary/aromatic N) is 1. The molecule has 1 fully saturated rings. The van der Waals surface area contributed by atoms with Crippen LogP contribution >= 0.6 is 0 Å². The number of morpholine rings is 1. The lowest BCUT2D eigenvalue weighted by atomic mass is 10.1. The maximum absolute atomic E-state index is 12.9. The number of ether oxygens (including phenoxy) is 1. The summed E-state index contributed by atoms with van der Waals surface area (Å²) >= 11 is 0. The standard InChI is InChI=1S/C16H21F3N2O2/c1-11-8-21(9-12(2)23-11)10-15(22)20-7-13-5-3-4-6-14(13)16(17,18)19/h3-6,11-12H,7-10H2,1-2H3,(H,20,22)/t11-,12+. The Morgan fingerprint density at radius 1 is 1.26 bits per heavy atom. The van der Waals surface area contributed by atoms with E-state index < -0.39 is 11.7 Å². The molecule has 4 nitrogen and oxygen atoms in total. The highest BCUT2D eigenvalue weighted by Crippen LogP contribution is 2.31. The summed E-state index contributed by atoms with van der Waals surface area (Å²) in [6, 6.07) is 5.27. The predicted octanol–water partition coefficient (Wildman–Crippen LogP) is 2.43. The molecule has 0 aliphatic carbocycles. The van der Waals surface area contributed by atoms with E-state index in [1.54, 1.807) is 0 Å². The van der Waals surface area contributed by atoms with Crippen LogP contribution in [0.5, 0.6) is 0 Å². The van der Waals surface area contributed by atoms with Crippen LogP contribution in [0.2, 0.25) is 0 Å². The van der Waals surface area contributed by atoms with Gasteiger partial charge >= 0.3 is 6.18 Å². The first kappa shape index (κ1) is 17.7. The smallest absolute Gasteiger partial charge is 0.373 e. The molecule has 1 saturated heterocycles. The zero-order valence-corrected chi connectivity index (χ0v) is 13.2. The molecule has 1 aliphatic rings. The molecule has 0 bridgehead atoms. The van der Waals surface area contributed by atoms with Gasteiger partial charge in [-0.3, -0.25) is 9.69 Å². The van der Waals surface area contributed by atoms with Gasteiger partial charge in [-0.15, -0.1) is 0 Å². The van der Waals surface area contributed by atoms with E-state index in [4.69, 9.17) is 4.74 Å². The van der Waals surface area contributed by atoms with Crippen LogP contribution in [0.4, 0.5) is 13.2 Å². The molecular formula is C16H21F3N2O2. The molecule has 0 radical (unpaired) electrons. The van der Waals surface area contributed by atoms with Gasteiger partial charge in [0.2, 0.25) is 5.91 Å². The van der Waals surface area contributed by atoms with E-state index in [0.717, 1.165) is 6.07 Å². The normalized spacial score (nSPS) is 22.8. The van der Waals surface area contributed by atoms with E-state index in [2.05, 4.69) is 5.32 Å². The Morgan fingerprint density at radius 3 is 2.48 bits per heavy atom. The van der Waals surface area contributed by atoms with E-state index in [9.17, 15) is 18.0 Å².